The van der Waals surface area contributed by atoms with Gasteiger partial charge < -0.3 is 10.8 Å². The molecule has 0 aliphatic carbocycles. The molecular weight excluding hydrogens is 292 g/mol. The quantitative estimate of drug-likeness (QED) is 0.583. The van der Waals surface area contributed by atoms with Crippen LogP contribution in [0.3, 0.4) is 0 Å². The van der Waals surface area contributed by atoms with Crippen molar-refractivity contribution >= 4 is 37.0 Å². The first-order chi connectivity index (χ1) is 7.15. The van der Waals surface area contributed by atoms with Crippen molar-refractivity contribution in [2.75, 3.05) is 12.8 Å². The normalized spacial score (nSPS) is 10.9. The van der Waals surface area contributed by atoms with E-state index in [-0.39, 0.29) is 8.41 Å². The molecule has 0 saturated carbocycles. The van der Waals surface area contributed by atoms with Crippen LogP contribution in [0.5, 0.6) is 0 Å². The van der Waals surface area contributed by atoms with E-state index in [9.17, 15) is 9.50 Å². The van der Waals surface area contributed by atoms with Gasteiger partial charge in [-0.25, -0.2) is 4.39 Å². The monoisotopic (exact) mass is 309 g/mol. The van der Waals surface area contributed by atoms with Crippen molar-refractivity contribution < 1.29 is 9.50 Å². The van der Waals surface area contributed by atoms with E-state index >= 15 is 0 Å². The number of rotatable bonds is 3. The largest absolute Gasteiger partial charge is 0.388 e. The molecule has 3 N–H and O–H groups in total. The number of hydrogen-bond acceptors (Lipinski definition) is 3. The minimum atomic E-state index is -0.817. The third kappa shape index (κ3) is 5.89. The molecule has 1 aromatic carbocycles. The molecule has 2 nitrogen and oxygen atoms in total. The van der Waals surface area contributed by atoms with Crippen LogP contribution in [-0.2, 0) is 0 Å². The maximum Gasteiger partial charge on any atom is 0.129 e. The molecule has 16 heavy (non-hydrogen) atoms. The molecule has 0 amide bonds. The van der Waals surface area contributed by atoms with Gasteiger partial charge in [-0.1, -0.05) is 15.9 Å². The Morgan fingerprint density at radius 2 is 2.06 bits per heavy atom. The van der Waals surface area contributed by atoms with Gasteiger partial charge in [0.2, 0.25) is 0 Å². The summed E-state index contributed by atoms with van der Waals surface area (Å²) >= 11 is 6.73. The van der Waals surface area contributed by atoms with Crippen molar-refractivity contribution in [3.05, 3.63) is 34.1 Å². The number of thiol groups is 1. The molecule has 0 bridgehead atoms. The topological polar surface area (TPSA) is 46.2 Å². The van der Waals surface area contributed by atoms with Crippen molar-refractivity contribution in [1.29, 1.82) is 0 Å². The fourth-order valence-corrected chi connectivity index (χ4v) is 1.46. The van der Waals surface area contributed by atoms with Gasteiger partial charge >= 0.3 is 0 Å². The van der Waals surface area contributed by atoms with Crippen LogP contribution in [0.25, 0.3) is 0 Å². The molecular formula is C10H18BBrFNOS. The van der Waals surface area contributed by atoms with Gasteiger partial charge in [0.05, 0.1) is 14.5 Å². The number of aliphatic hydroxyl groups is 1. The van der Waals surface area contributed by atoms with Crippen LogP contribution >= 0.6 is 28.6 Å². The Kier molecular flexibility index (Phi) is 11.6. The summed E-state index contributed by atoms with van der Waals surface area (Å²) in [5, 5.41) is 9.48. The van der Waals surface area contributed by atoms with Crippen molar-refractivity contribution in [1.82, 2.24) is 0 Å². The summed E-state index contributed by atoms with van der Waals surface area (Å²) in [5.41, 5.74) is 5.55. The second-order valence-corrected chi connectivity index (χ2v) is 3.67. The number of benzene rings is 1. The van der Waals surface area contributed by atoms with Crippen molar-refractivity contribution in [3.8, 4) is 0 Å². The minimum absolute atomic E-state index is 0. The zero-order valence-corrected chi connectivity index (χ0v) is 10.9. The molecule has 0 heterocycles. The summed E-state index contributed by atoms with van der Waals surface area (Å²) in [6.07, 6.45) is 1.25. The number of nitrogens with two attached hydrogens (primary N) is 1. The molecule has 1 rings (SSSR count). The molecule has 0 fully saturated rings. The second-order valence-electron chi connectivity index (χ2n) is 2.76. The van der Waals surface area contributed by atoms with Crippen molar-refractivity contribution in [2.24, 2.45) is 5.73 Å². The Morgan fingerprint density at radius 3 is 2.56 bits per heavy atom. The minimum Gasteiger partial charge on any atom is -0.388 e. The summed E-state index contributed by atoms with van der Waals surface area (Å²) in [7, 11) is 0. The van der Waals surface area contributed by atoms with Crippen molar-refractivity contribution in [2.45, 2.75) is 12.5 Å². The number of aliphatic hydroxyl groups excluding tert-OH is 1. The van der Waals surface area contributed by atoms with Crippen LogP contribution in [0.1, 0.15) is 18.1 Å². The van der Waals surface area contributed by atoms with Gasteiger partial charge in [-0.05, 0) is 37.4 Å². The summed E-state index contributed by atoms with van der Waals surface area (Å²) in [6, 6.07) is 4.48. The molecule has 0 aliphatic rings. The molecule has 0 aliphatic heterocycles. The van der Waals surface area contributed by atoms with E-state index in [0.717, 1.165) is 4.47 Å². The van der Waals surface area contributed by atoms with E-state index in [0.29, 0.717) is 18.5 Å². The summed E-state index contributed by atoms with van der Waals surface area (Å²) in [6.45, 7) is 0.340. The lowest BCUT2D eigenvalue weighted by Crippen LogP contribution is -2.08. The van der Waals surface area contributed by atoms with Gasteiger partial charge in [0.15, 0.2) is 0 Å². The van der Waals surface area contributed by atoms with Gasteiger partial charge in [0.1, 0.15) is 5.82 Å². The molecule has 92 valence electrons. The first-order valence-electron chi connectivity index (χ1n) is 4.43. The van der Waals surface area contributed by atoms with E-state index < -0.39 is 11.9 Å². The van der Waals surface area contributed by atoms with Crippen molar-refractivity contribution in [3.63, 3.8) is 0 Å². The predicted octanol–water partition coefficient (Wildman–Crippen LogP) is 1.33. The van der Waals surface area contributed by atoms with Crippen LogP contribution < -0.4 is 5.73 Å². The Hall–Kier alpha value is -0.0351. The van der Waals surface area contributed by atoms with Crippen LogP contribution in [0.15, 0.2) is 22.7 Å². The molecule has 0 aromatic heterocycles. The summed E-state index contributed by atoms with van der Waals surface area (Å²) < 4.78 is 13.9. The maximum atomic E-state index is 13.1. The van der Waals surface area contributed by atoms with Crippen LogP contribution in [-0.4, -0.2) is 26.3 Å². The van der Waals surface area contributed by atoms with E-state index in [2.05, 4.69) is 28.6 Å². The Labute approximate surface area is 112 Å². The zero-order valence-electron chi connectivity index (χ0n) is 8.45. The van der Waals surface area contributed by atoms with Gasteiger partial charge in [0.25, 0.3) is 0 Å². The molecule has 0 spiro atoms. The lowest BCUT2D eigenvalue weighted by molar-refractivity contribution is 0.165. The lowest BCUT2D eigenvalue weighted by Gasteiger charge is -2.10. The van der Waals surface area contributed by atoms with Crippen LogP contribution in [0.2, 0.25) is 0 Å². The SMILES string of the molecule is B.CS.NCCC(O)c1cc(Br)ccc1F. The van der Waals surface area contributed by atoms with E-state index in [1.165, 1.54) is 6.07 Å². The first-order valence-corrected chi connectivity index (χ1v) is 6.11. The highest BCUT2D eigenvalue weighted by Crippen LogP contribution is 2.23. The molecule has 0 radical (unpaired) electrons. The second kappa shape index (κ2) is 10.1. The standard InChI is InChI=1S/C9H11BrFNO.CH4S.BH3/c10-6-1-2-8(11)7(5-6)9(13)3-4-12;1-2;/h1-2,5,9,13H,3-4,12H2;2H,1H3;1H3. The third-order valence-corrected chi connectivity index (χ3v) is 2.25. The van der Waals surface area contributed by atoms with Gasteiger partial charge in [-0.3, -0.25) is 0 Å². The fraction of sp³-hybridized carbons (Fsp3) is 0.400. The molecule has 6 heteroatoms. The molecule has 1 atom stereocenters. The fourth-order valence-electron chi connectivity index (χ4n) is 1.08. The van der Waals surface area contributed by atoms with Crippen LogP contribution in [0, 0.1) is 5.82 Å². The average molecular weight is 310 g/mol. The molecule has 0 saturated heterocycles. The third-order valence-electron chi connectivity index (χ3n) is 1.76. The van der Waals surface area contributed by atoms with E-state index in [1.807, 2.05) is 0 Å². The lowest BCUT2D eigenvalue weighted by atomic mass is 10.1. The average Bonchev–Trinajstić information content (AvgIpc) is 2.25. The van der Waals surface area contributed by atoms with Gasteiger partial charge in [0, 0.05) is 10.0 Å². The van der Waals surface area contributed by atoms with Crippen LogP contribution in [0.4, 0.5) is 4.39 Å². The molecule has 1 unspecified atom stereocenters. The number of halogens is 2. The summed E-state index contributed by atoms with van der Waals surface area (Å²) in [4.78, 5) is 0. The highest BCUT2D eigenvalue weighted by Gasteiger charge is 2.11. The molecule has 1 aromatic rings. The first kappa shape index (κ1) is 18.3. The maximum absolute atomic E-state index is 13.1. The zero-order chi connectivity index (χ0) is 11.8. The highest BCUT2D eigenvalue weighted by atomic mass is 79.9. The Balaban J connectivity index is 0. The smallest absolute Gasteiger partial charge is 0.129 e. The van der Waals surface area contributed by atoms with E-state index in [1.54, 1.807) is 18.4 Å². The predicted molar refractivity (Wildman–Crippen MR) is 77.6 cm³/mol. The summed E-state index contributed by atoms with van der Waals surface area (Å²) in [5.74, 6) is -0.399. The van der Waals surface area contributed by atoms with E-state index in [4.69, 9.17) is 5.73 Å². The van der Waals surface area contributed by atoms with Gasteiger partial charge in [-0.15, -0.1) is 0 Å². The number of hydrogen-bond donors (Lipinski definition) is 3. The highest BCUT2D eigenvalue weighted by molar-refractivity contribution is 9.10. The Bertz CT molecular complexity index is 304. The van der Waals surface area contributed by atoms with Gasteiger partial charge in [-0.2, -0.15) is 12.6 Å². The Morgan fingerprint density at radius 1 is 1.50 bits per heavy atom.